The second-order valence-corrected chi connectivity index (χ2v) is 26.2. The number of carboxylic acids is 1. The van der Waals surface area contributed by atoms with Gasteiger partial charge in [0.05, 0.1) is 35.5 Å². The molecule has 96 heavy (non-hydrogen) atoms. The fourth-order valence-electron chi connectivity index (χ4n) is 10.7. The predicted molar refractivity (Wildman–Crippen MR) is 409 cm³/mol. The highest BCUT2D eigenvalue weighted by Crippen LogP contribution is 2.18. The Balaban J connectivity index is -0.000000207. The van der Waals surface area contributed by atoms with Gasteiger partial charge in [-0.1, -0.05) is 361 Å². The quantitative estimate of drug-likeness (QED) is 0.0199. The number of carboxylic acid groups (broad SMARTS) is 1. The maximum atomic E-state index is 10.9. The molecule has 574 valence electrons. The number of aliphatic carboxylic acids is 1. The average molecular weight is 1370 g/mol. The fraction of sp³-hybridized carbons (Fsp3) is 0.892. The van der Waals surface area contributed by atoms with Crippen LogP contribution < -0.4 is 0 Å². The second kappa shape index (κ2) is 105. The maximum absolute atomic E-state index is 10.9. The number of methoxy groups -OCH3 is 5. The van der Waals surface area contributed by atoms with Crippen LogP contribution in [-0.2, 0) is 57.2 Å². The van der Waals surface area contributed by atoms with Crippen molar-refractivity contribution in [3.05, 3.63) is 12.2 Å². The number of allylic oxidation sites excluding steroid dienone is 2. The van der Waals surface area contributed by atoms with Crippen LogP contribution in [0.3, 0.4) is 0 Å². The Hall–Kier alpha value is -3.77. The van der Waals surface area contributed by atoms with Crippen molar-refractivity contribution >= 4 is 42.1 Å². The molecule has 0 aromatic rings. The van der Waals surface area contributed by atoms with Crippen molar-refractivity contribution in [3.63, 3.8) is 0 Å². The summed E-state index contributed by atoms with van der Waals surface area (Å²) in [6.07, 6.45) is 85.5. The van der Waals surface area contributed by atoms with Crippen LogP contribution in [0.2, 0.25) is 0 Å². The number of carbonyl (C=O) groups excluding carboxylic acids is 6. The van der Waals surface area contributed by atoms with E-state index in [2.05, 4.69) is 63.5 Å². The molecule has 0 amide bonds. The Kier molecular flexibility index (Phi) is 115. The molecule has 0 aliphatic carbocycles. The summed E-state index contributed by atoms with van der Waals surface area (Å²) in [5.74, 6) is -1.35. The number of hydrogen-bond donors (Lipinski definition) is 1. The van der Waals surface area contributed by atoms with E-state index in [1.54, 1.807) is 0 Å². The van der Waals surface area contributed by atoms with Crippen LogP contribution in [0.15, 0.2) is 12.2 Å². The summed E-state index contributed by atoms with van der Waals surface area (Å²) in [7, 11) is 7.21. The average Bonchev–Trinajstić information content (AvgIpc) is 3.67. The lowest BCUT2D eigenvalue weighted by molar-refractivity contribution is -0.141. The van der Waals surface area contributed by atoms with E-state index in [4.69, 9.17) is 14.7 Å². The Labute approximate surface area is 596 Å². The van der Waals surface area contributed by atoms with Gasteiger partial charge in [-0.3, -0.25) is 28.8 Å². The van der Waals surface area contributed by atoms with Gasteiger partial charge < -0.3 is 33.6 Å². The van der Waals surface area contributed by atoms with E-state index < -0.39 is 5.97 Å². The number of rotatable bonds is 63. The summed E-state index contributed by atoms with van der Waals surface area (Å²) in [6, 6.07) is 0. The van der Waals surface area contributed by atoms with Gasteiger partial charge in [-0.05, 0) is 58.3 Å². The summed E-state index contributed by atoms with van der Waals surface area (Å²) in [4.78, 5) is 71.1. The first-order valence-electron chi connectivity index (χ1n) is 40.2. The monoisotopic (exact) mass is 1370 g/mol. The Morgan fingerprint density at radius 3 is 0.479 bits per heavy atom. The Morgan fingerprint density at radius 2 is 0.365 bits per heavy atom. The van der Waals surface area contributed by atoms with Crippen molar-refractivity contribution in [3.8, 4) is 0 Å². The SMILES string of the molecule is CC(=O)O.CC=O.CCCCCCCC/C=C\CCCCCCCC(=O)OC.CCCCCCCCCCCCCCCCCC(=O)OC.CCCCCCCCCCCCCCCCCC(=O)OC.CCCCCCCCCCCCCCCCCC(=O)OC.COC(C)=O. The molecule has 0 saturated carbocycles. The van der Waals surface area contributed by atoms with E-state index in [9.17, 15) is 24.0 Å². The Bertz CT molecular complexity index is 1420. The molecule has 13 heteroatoms. The van der Waals surface area contributed by atoms with E-state index in [0.717, 1.165) is 45.3 Å². The first-order valence-corrected chi connectivity index (χ1v) is 40.2. The molecular formula is C83H164O13. The third-order valence-corrected chi connectivity index (χ3v) is 16.8. The van der Waals surface area contributed by atoms with Crippen molar-refractivity contribution in [2.75, 3.05) is 35.5 Å². The molecule has 0 heterocycles. The molecule has 0 unspecified atom stereocenters. The van der Waals surface area contributed by atoms with Crippen LogP contribution in [0.25, 0.3) is 0 Å². The van der Waals surface area contributed by atoms with Gasteiger partial charge >= 0.3 is 29.8 Å². The zero-order valence-electron chi connectivity index (χ0n) is 65.9. The van der Waals surface area contributed by atoms with Gasteiger partial charge in [-0.15, -0.1) is 0 Å². The molecule has 0 aromatic carbocycles. The molecule has 0 radical (unpaired) electrons. The normalized spacial score (nSPS) is 10.2. The molecule has 0 aromatic heterocycles. The molecule has 1 N–H and O–H groups in total. The summed E-state index contributed by atoms with van der Waals surface area (Å²) in [5, 5.41) is 7.42. The Morgan fingerprint density at radius 1 is 0.250 bits per heavy atom. The fourth-order valence-corrected chi connectivity index (χ4v) is 10.7. The standard InChI is InChI=1S/3C19H38O2.C19H36O2.C3H6O2.C2H4O2.C2H4O/c4*1-3-4-5-6-7-8-9-10-11-12-13-14-15-16-17-18-19(20)21-2;1-3(4)5-2;1-2(3)4;1-2-3/h3*3-18H2,1-2H3;10-11H,3-9,12-18H2,1-2H3;1-2H3;1H3,(H,3,4);2H,1H3/b;;;11-10-;;;. The van der Waals surface area contributed by atoms with E-state index in [-0.39, 0.29) is 29.8 Å². The second-order valence-electron chi connectivity index (χ2n) is 26.2. The minimum Gasteiger partial charge on any atom is -0.481 e. The van der Waals surface area contributed by atoms with Gasteiger partial charge in [-0.25, -0.2) is 0 Å². The van der Waals surface area contributed by atoms with Crippen molar-refractivity contribution in [1.82, 2.24) is 0 Å². The zero-order valence-corrected chi connectivity index (χ0v) is 65.9. The van der Waals surface area contributed by atoms with Crippen LogP contribution in [0, 0.1) is 0 Å². The molecule has 0 atom stereocenters. The highest BCUT2D eigenvalue weighted by atomic mass is 16.5. The van der Waals surface area contributed by atoms with Crippen LogP contribution in [0.4, 0.5) is 0 Å². The van der Waals surface area contributed by atoms with Gasteiger partial charge in [0.15, 0.2) is 0 Å². The number of carbonyl (C=O) groups is 7. The van der Waals surface area contributed by atoms with E-state index >= 15 is 0 Å². The number of hydrogen-bond acceptors (Lipinski definition) is 12. The van der Waals surface area contributed by atoms with Crippen LogP contribution in [0.5, 0.6) is 0 Å². The molecule has 0 fully saturated rings. The molecule has 0 spiro atoms. The first kappa shape index (κ1) is 106. The minimum atomic E-state index is -0.833. The van der Waals surface area contributed by atoms with Crippen molar-refractivity contribution in [2.45, 2.75) is 447 Å². The van der Waals surface area contributed by atoms with Crippen molar-refractivity contribution in [2.24, 2.45) is 0 Å². The predicted octanol–water partition coefficient (Wildman–Crippen LogP) is 25.9. The number of esters is 5. The topological polar surface area (TPSA) is 186 Å². The number of aldehydes is 1. The lowest BCUT2D eigenvalue weighted by atomic mass is 10.0. The number of ether oxygens (including phenoxy) is 5. The molecule has 0 aliphatic heterocycles. The smallest absolute Gasteiger partial charge is 0.305 e. The van der Waals surface area contributed by atoms with E-state index in [0.29, 0.717) is 25.7 Å². The zero-order chi connectivity index (χ0) is 73.0. The molecule has 0 saturated heterocycles. The van der Waals surface area contributed by atoms with Gasteiger partial charge in [0.1, 0.15) is 6.29 Å². The largest absolute Gasteiger partial charge is 0.481 e. The van der Waals surface area contributed by atoms with Crippen LogP contribution >= 0.6 is 0 Å². The number of unbranched alkanes of at least 4 members (excludes halogenated alkanes) is 53. The minimum absolute atomic E-state index is 0.0651. The molecular weight excluding hydrogens is 1200 g/mol. The lowest BCUT2D eigenvalue weighted by Crippen LogP contribution is -1.99. The van der Waals surface area contributed by atoms with Crippen molar-refractivity contribution in [1.29, 1.82) is 0 Å². The highest BCUT2D eigenvalue weighted by molar-refractivity contribution is 5.70. The maximum Gasteiger partial charge on any atom is 0.305 e. The first-order chi connectivity index (χ1) is 46.6. The summed E-state index contributed by atoms with van der Waals surface area (Å²) in [5.41, 5.74) is 0. The van der Waals surface area contributed by atoms with Gasteiger partial charge in [0, 0.05) is 39.5 Å². The van der Waals surface area contributed by atoms with E-state index in [1.165, 1.54) is 390 Å². The van der Waals surface area contributed by atoms with Gasteiger partial charge in [-0.2, -0.15) is 0 Å². The van der Waals surface area contributed by atoms with E-state index in [1.807, 2.05) is 0 Å². The molecule has 13 nitrogen and oxygen atoms in total. The van der Waals surface area contributed by atoms with Gasteiger partial charge in [0.25, 0.3) is 5.97 Å². The molecule has 0 aliphatic rings. The molecule has 0 rings (SSSR count). The summed E-state index contributed by atoms with van der Waals surface area (Å²) >= 11 is 0. The highest BCUT2D eigenvalue weighted by Gasteiger charge is 2.03. The third-order valence-electron chi connectivity index (χ3n) is 16.8. The van der Waals surface area contributed by atoms with Gasteiger partial charge in [0.2, 0.25) is 0 Å². The summed E-state index contributed by atoms with van der Waals surface area (Å²) < 4.78 is 22.6. The summed E-state index contributed by atoms with van der Waals surface area (Å²) in [6.45, 7) is 13.0. The van der Waals surface area contributed by atoms with Crippen LogP contribution in [0.1, 0.15) is 447 Å². The lowest BCUT2D eigenvalue weighted by Gasteiger charge is -2.03. The molecule has 0 bridgehead atoms. The van der Waals surface area contributed by atoms with Crippen molar-refractivity contribution < 1.29 is 62.4 Å². The third kappa shape index (κ3) is 130. The van der Waals surface area contributed by atoms with Crippen LogP contribution in [-0.4, -0.2) is 82.8 Å².